The van der Waals surface area contributed by atoms with Crippen LogP contribution in [0.3, 0.4) is 0 Å². The number of nitrogens with zero attached hydrogens (tertiary/aromatic N) is 2. The number of carbonyl (C=O) groups excluding carboxylic acids is 2. The van der Waals surface area contributed by atoms with Crippen molar-refractivity contribution in [3.05, 3.63) is 60.2 Å². The SMILES string of the molecule is COc1ccc(C(=O)N(CC(=O)N2CCCCC2O)c2ccccc2)cc1. The van der Waals surface area contributed by atoms with Gasteiger partial charge >= 0.3 is 0 Å². The molecule has 0 spiro atoms. The van der Waals surface area contributed by atoms with Gasteiger partial charge in [-0.3, -0.25) is 14.5 Å². The Morgan fingerprint density at radius 3 is 2.44 bits per heavy atom. The predicted octanol–water partition coefficient (Wildman–Crippen LogP) is 2.67. The number of aliphatic hydroxyl groups is 1. The van der Waals surface area contributed by atoms with Gasteiger partial charge in [0.25, 0.3) is 5.91 Å². The van der Waals surface area contributed by atoms with Gasteiger partial charge in [0, 0.05) is 17.8 Å². The third-order valence-electron chi connectivity index (χ3n) is 4.73. The number of carbonyl (C=O) groups is 2. The first kappa shape index (κ1) is 18.9. The Hall–Kier alpha value is -2.86. The summed E-state index contributed by atoms with van der Waals surface area (Å²) in [6.45, 7) is 0.394. The average Bonchev–Trinajstić information content (AvgIpc) is 2.72. The number of hydrogen-bond donors (Lipinski definition) is 1. The van der Waals surface area contributed by atoms with Gasteiger partial charge in [-0.2, -0.15) is 0 Å². The maximum Gasteiger partial charge on any atom is 0.258 e. The first-order chi connectivity index (χ1) is 13.1. The van der Waals surface area contributed by atoms with Crippen molar-refractivity contribution in [2.45, 2.75) is 25.5 Å². The smallest absolute Gasteiger partial charge is 0.258 e. The van der Waals surface area contributed by atoms with Gasteiger partial charge in [-0.15, -0.1) is 0 Å². The minimum atomic E-state index is -0.778. The largest absolute Gasteiger partial charge is 0.497 e. The van der Waals surface area contributed by atoms with E-state index in [2.05, 4.69) is 0 Å². The monoisotopic (exact) mass is 368 g/mol. The number of piperidine rings is 1. The number of aliphatic hydroxyl groups excluding tert-OH is 1. The number of anilines is 1. The molecule has 2 amide bonds. The number of benzene rings is 2. The van der Waals surface area contributed by atoms with Crippen LogP contribution in [0.15, 0.2) is 54.6 Å². The van der Waals surface area contributed by atoms with Crippen LogP contribution in [0.25, 0.3) is 0 Å². The van der Waals surface area contributed by atoms with Crippen molar-refractivity contribution in [1.82, 2.24) is 4.90 Å². The lowest BCUT2D eigenvalue weighted by Gasteiger charge is -2.34. The number of likely N-dealkylation sites (tertiary alicyclic amines) is 1. The predicted molar refractivity (Wildman–Crippen MR) is 103 cm³/mol. The molecule has 27 heavy (non-hydrogen) atoms. The summed E-state index contributed by atoms with van der Waals surface area (Å²) in [7, 11) is 1.57. The summed E-state index contributed by atoms with van der Waals surface area (Å²) >= 11 is 0. The van der Waals surface area contributed by atoms with Crippen molar-refractivity contribution in [1.29, 1.82) is 0 Å². The Kier molecular flexibility index (Phi) is 6.08. The Balaban J connectivity index is 1.84. The number of amides is 2. The minimum absolute atomic E-state index is 0.119. The van der Waals surface area contributed by atoms with E-state index in [9.17, 15) is 14.7 Å². The molecule has 1 N–H and O–H groups in total. The van der Waals surface area contributed by atoms with Crippen molar-refractivity contribution < 1.29 is 19.4 Å². The Morgan fingerprint density at radius 1 is 1.11 bits per heavy atom. The summed E-state index contributed by atoms with van der Waals surface area (Å²) in [5.41, 5.74) is 1.10. The van der Waals surface area contributed by atoms with Gasteiger partial charge < -0.3 is 14.7 Å². The van der Waals surface area contributed by atoms with Crippen LogP contribution in [0.2, 0.25) is 0 Å². The molecule has 2 aromatic rings. The number of rotatable bonds is 5. The van der Waals surface area contributed by atoms with E-state index in [1.165, 1.54) is 9.80 Å². The maximum absolute atomic E-state index is 13.1. The first-order valence-corrected chi connectivity index (χ1v) is 9.08. The Bertz CT molecular complexity index is 777. The van der Waals surface area contributed by atoms with E-state index in [4.69, 9.17) is 4.74 Å². The lowest BCUT2D eigenvalue weighted by Crippen LogP contribution is -2.49. The van der Waals surface area contributed by atoms with Crippen LogP contribution >= 0.6 is 0 Å². The first-order valence-electron chi connectivity index (χ1n) is 9.08. The van der Waals surface area contributed by atoms with Crippen LogP contribution in [-0.2, 0) is 4.79 Å². The lowest BCUT2D eigenvalue weighted by molar-refractivity contribution is -0.142. The highest BCUT2D eigenvalue weighted by Crippen LogP contribution is 2.21. The molecule has 2 aromatic carbocycles. The molecule has 0 saturated carbocycles. The summed E-state index contributed by atoms with van der Waals surface area (Å²) in [6.07, 6.45) is 1.56. The van der Waals surface area contributed by atoms with E-state index in [0.29, 0.717) is 30.0 Å². The van der Waals surface area contributed by atoms with E-state index in [0.717, 1.165) is 12.8 Å². The topological polar surface area (TPSA) is 70.1 Å². The van der Waals surface area contributed by atoms with Gasteiger partial charge in [0.05, 0.1) is 7.11 Å². The molecule has 1 saturated heterocycles. The quantitative estimate of drug-likeness (QED) is 0.881. The molecule has 6 nitrogen and oxygen atoms in total. The molecule has 1 fully saturated rings. The normalized spacial score (nSPS) is 16.7. The zero-order valence-electron chi connectivity index (χ0n) is 15.4. The molecule has 6 heteroatoms. The lowest BCUT2D eigenvalue weighted by atomic mass is 10.1. The van der Waals surface area contributed by atoms with Crippen molar-refractivity contribution in [2.24, 2.45) is 0 Å². The molecule has 3 rings (SSSR count). The molecule has 1 aliphatic heterocycles. The third-order valence-corrected chi connectivity index (χ3v) is 4.73. The molecule has 1 aliphatic rings. The summed E-state index contributed by atoms with van der Waals surface area (Å²) in [5.74, 6) is 0.127. The highest BCUT2D eigenvalue weighted by atomic mass is 16.5. The van der Waals surface area contributed by atoms with Crippen molar-refractivity contribution >= 4 is 17.5 Å². The fraction of sp³-hybridized carbons (Fsp3) is 0.333. The van der Waals surface area contributed by atoms with Crippen LogP contribution in [0, 0.1) is 0 Å². The van der Waals surface area contributed by atoms with E-state index >= 15 is 0 Å². The van der Waals surface area contributed by atoms with Crippen molar-refractivity contribution in [3.8, 4) is 5.75 Å². The molecule has 0 aromatic heterocycles. The summed E-state index contributed by atoms with van der Waals surface area (Å²) in [4.78, 5) is 28.8. The van der Waals surface area contributed by atoms with Crippen LogP contribution in [0.1, 0.15) is 29.6 Å². The van der Waals surface area contributed by atoms with Gasteiger partial charge in [-0.1, -0.05) is 18.2 Å². The molecule has 1 unspecified atom stereocenters. The summed E-state index contributed by atoms with van der Waals surface area (Å²) in [5, 5.41) is 10.1. The molecular formula is C21H24N2O4. The molecule has 1 heterocycles. The van der Waals surface area contributed by atoms with Gasteiger partial charge in [0.15, 0.2) is 0 Å². The molecule has 142 valence electrons. The van der Waals surface area contributed by atoms with Gasteiger partial charge in [0.1, 0.15) is 18.5 Å². The fourth-order valence-corrected chi connectivity index (χ4v) is 3.21. The third kappa shape index (κ3) is 4.46. The molecule has 0 aliphatic carbocycles. The van der Waals surface area contributed by atoms with Crippen LogP contribution in [0.4, 0.5) is 5.69 Å². The van der Waals surface area contributed by atoms with E-state index in [-0.39, 0.29) is 18.4 Å². The van der Waals surface area contributed by atoms with E-state index in [1.807, 2.05) is 18.2 Å². The zero-order valence-corrected chi connectivity index (χ0v) is 15.4. The van der Waals surface area contributed by atoms with Gasteiger partial charge in [0.2, 0.25) is 5.91 Å². The molecule has 1 atom stereocenters. The number of ether oxygens (including phenoxy) is 1. The number of methoxy groups -OCH3 is 1. The van der Waals surface area contributed by atoms with Crippen LogP contribution in [-0.4, -0.2) is 48.2 Å². The second-order valence-corrected chi connectivity index (χ2v) is 6.52. The van der Waals surface area contributed by atoms with Crippen molar-refractivity contribution in [3.63, 3.8) is 0 Å². The highest BCUT2D eigenvalue weighted by Gasteiger charge is 2.28. The molecular weight excluding hydrogens is 344 g/mol. The Labute approximate surface area is 159 Å². The molecule has 0 radical (unpaired) electrons. The number of hydrogen-bond acceptors (Lipinski definition) is 4. The zero-order chi connectivity index (χ0) is 19.2. The maximum atomic E-state index is 13.1. The summed E-state index contributed by atoms with van der Waals surface area (Å²) < 4.78 is 5.14. The number of para-hydroxylation sites is 1. The second-order valence-electron chi connectivity index (χ2n) is 6.52. The Morgan fingerprint density at radius 2 is 1.81 bits per heavy atom. The fourth-order valence-electron chi connectivity index (χ4n) is 3.21. The average molecular weight is 368 g/mol. The highest BCUT2D eigenvalue weighted by molar-refractivity contribution is 6.08. The van der Waals surface area contributed by atoms with E-state index < -0.39 is 6.23 Å². The standard InChI is InChI=1S/C21H24N2O4/c1-27-18-12-10-16(11-13-18)21(26)23(17-7-3-2-4-8-17)15-20(25)22-14-6-5-9-19(22)24/h2-4,7-8,10-13,19,24H,5-6,9,14-15H2,1H3. The molecule has 0 bridgehead atoms. The van der Waals surface area contributed by atoms with Crippen molar-refractivity contribution in [2.75, 3.05) is 25.1 Å². The summed E-state index contributed by atoms with van der Waals surface area (Å²) in [6, 6.07) is 15.9. The minimum Gasteiger partial charge on any atom is -0.497 e. The van der Waals surface area contributed by atoms with Gasteiger partial charge in [-0.25, -0.2) is 0 Å². The van der Waals surface area contributed by atoms with Gasteiger partial charge in [-0.05, 0) is 55.7 Å². The second kappa shape index (κ2) is 8.68. The van der Waals surface area contributed by atoms with Crippen LogP contribution < -0.4 is 9.64 Å². The van der Waals surface area contributed by atoms with E-state index in [1.54, 1.807) is 43.5 Å². The van der Waals surface area contributed by atoms with Crippen LogP contribution in [0.5, 0.6) is 5.75 Å².